The lowest BCUT2D eigenvalue weighted by Crippen LogP contribution is -2.49. The van der Waals surface area contributed by atoms with Crippen molar-refractivity contribution >= 4 is 29.0 Å². The number of ether oxygens (including phenoxy) is 1. The van der Waals surface area contributed by atoms with Gasteiger partial charge in [0.2, 0.25) is 5.91 Å². The third kappa shape index (κ3) is 6.33. The van der Waals surface area contributed by atoms with E-state index in [0.717, 1.165) is 63.3 Å². The van der Waals surface area contributed by atoms with Crippen LogP contribution in [-0.2, 0) is 11.3 Å². The van der Waals surface area contributed by atoms with E-state index < -0.39 is 0 Å². The molecule has 1 aliphatic rings. The van der Waals surface area contributed by atoms with Crippen LogP contribution < -0.4 is 10.3 Å². The predicted molar refractivity (Wildman–Crippen MR) is 137 cm³/mol. The van der Waals surface area contributed by atoms with Gasteiger partial charge in [-0.3, -0.25) is 19.1 Å². The van der Waals surface area contributed by atoms with E-state index in [0.29, 0.717) is 29.7 Å². The summed E-state index contributed by atoms with van der Waals surface area (Å²) in [6, 6.07) is 17.3. The molecule has 1 aromatic heterocycles. The van der Waals surface area contributed by atoms with E-state index in [1.807, 2.05) is 59.5 Å². The van der Waals surface area contributed by atoms with Gasteiger partial charge in [-0.1, -0.05) is 36.8 Å². The highest BCUT2D eigenvalue weighted by Crippen LogP contribution is 2.11. The van der Waals surface area contributed by atoms with Gasteiger partial charge in [0, 0.05) is 45.7 Å². The van der Waals surface area contributed by atoms with Crippen LogP contribution in [0.4, 0.5) is 0 Å². The summed E-state index contributed by atoms with van der Waals surface area (Å²) in [5, 5.41) is 0.650. The summed E-state index contributed by atoms with van der Waals surface area (Å²) in [4.78, 5) is 32.7. The highest BCUT2D eigenvalue weighted by atomic mass is 32.1. The molecule has 2 heterocycles. The normalized spacial score (nSPS) is 14.4. The SMILES string of the molecule is O=C(CCCCCn1c(=S)[nH]c2ccccc2c1=O)N1CCN(CCOc2ccccc2)CC1. The zero-order valence-corrected chi connectivity index (χ0v) is 20.3. The number of carbonyl (C=O) groups is 1. The average Bonchev–Trinajstić information content (AvgIpc) is 2.86. The van der Waals surface area contributed by atoms with Crippen LogP contribution in [0, 0.1) is 4.77 Å². The van der Waals surface area contributed by atoms with E-state index >= 15 is 0 Å². The first-order chi connectivity index (χ1) is 16.6. The lowest BCUT2D eigenvalue weighted by Gasteiger charge is -2.34. The maximum Gasteiger partial charge on any atom is 0.262 e. The Bertz CT molecular complexity index is 1200. The molecule has 1 saturated heterocycles. The van der Waals surface area contributed by atoms with Crippen molar-refractivity contribution in [3.8, 4) is 5.75 Å². The zero-order valence-electron chi connectivity index (χ0n) is 19.4. The van der Waals surface area contributed by atoms with Gasteiger partial charge in [0.25, 0.3) is 5.56 Å². The van der Waals surface area contributed by atoms with Crippen LogP contribution in [0.25, 0.3) is 10.9 Å². The Morgan fingerprint density at radius 2 is 1.65 bits per heavy atom. The van der Waals surface area contributed by atoms with Crippen molar-refractivity contribution in [1.82, 2.24) is 19.4 Å². The number of para-hydroxylation sites is 2. The standard InChI is InChI=1S/C26H32N4O3S/c31-24(29-17-15-28(16-18-29)19-20-33-21-9-3-1-4-10-21)13-5-2-8-14-30-25(32)22-11-6-7-12-23(22)27-26(30)34/h1,3-4,6-7,9-12H,2,5,8,13-20H2,(H,27,34). The molecule has 1 amide bonds. The molecule has 0 saturated carbocycles. The number of unbranched alkanes of at least 4 members (excludes halogenated alkanes) is 2. The Labute approximate surface area is 205 Å². The number of amides is 1. The van der Waals surface area contributed by atoms with Crippen LogP contribution in [0.2, 0.25) is 0 Å². The van der Waals surface area contributed by atoms with Gasteiger partial charge in [-0.05, 0) is 49.3 Å². The number of aromatic nitrogens is 2. The maximum atomic E-state index is 12.7. The molecular weight excluding hydrogens is 448 g/mol. The number of hydrogen-bond acceptors (Lipinski definition) is 5. The molecule has 34 heavy (non-hydrogen) atoms. The molecule has 7 nitrogen and oxygen atoms in total. The largest absolute Gasteiger partial charge is 0.492 e. The maximum absolute atomic E-state index is 12.7. The van der Waals surface area contributed by atoms with Crippen LogP contribution >= 0.6 is 12.2 Å². The monoisotopic (exact) mass is 480 g/mol. The third-order valence-corrected chi connectivity index (χ3v) is 6.63. The summed E-state index contributed by atoms with van der Waals surface area (Å²) in [5.41, 5.74) is 0.714. The molecule has 8 heteroatoms. The Balaban J connectivity index is 1.13. The molecule has 1 N–H and O–H groups in total. The van der Waals surface area contributed by atoms with Gasteiger partial charge in [0.15, 0.2) is 4.77 Å². The van der Waals surface area contributed by atoms with Crippen molar-refractivity contribution < 1.29 is 9.53 Å². The first-order valence-corrected chi connectivity index (χ1v) is 12.4. The van der Waals surface area contributed by atoms with Crippen LogP contribution in [-0.4, -0.2) is 64.6 Å². The van der Waals surface area contributed by atoms with Gasteiger partial charge in [-0.2, -0.15) is 0 Å². The molecule has 1 aliphatic heterocycles. The van der Waals surface area contributed by atoms with Crippen molar-refractivity contribution in [3.63, 3.8) is 0 Å². The number of carbonyl (C=O) groups excluding carboxylic acids is 1. The smallest absolute Gasteiger partial charge is 0.262 e. The van der Waals surface area contributed by atoms with Crippen molar-refractivity contribution in [2.24, 2.45) is 0 Å². The quantitative estimate of drug-likeness (QED) is 0.353. The molecule has 0 radical (unpaired) electrons. The number of piperazine rings is 1. The Morgan fingerprint density at radius 1 is 0.912 bits per heavy atom. The van der Waals surface area contributed by atoms with Crippen molar-refractivity contribution in [2.75, 3.05) is 39.3 Å². The Kier molecular flexibility index (Phi) is 8.49. The Hall–Kier alpha value is -2.97. The lowest BCUT2D eigenvalue weighted by atomic mass is 10.1. The first kappa shape index (κ1) is 24.2. The Morgan fingerprint density at radius 3 is 2.44 bits per heavy atom. The average molecular weight is 481 g/mol. The van der Waals surface area contributed by atoms with E-state index in [2.05, 4.69) is 9.88 Å². The van der Waals surface area contributed by atoms with Crippen LogP contribution in [0.5, 0.6) is 5.75 Å². The van der Waals surface area contributed by atoms with Crippen molar-refractivity contribution in [3.05, 3.63) is 69.7 Å². The minimum Gasteiger partial charge on any atom is -0.492 e. The highest BCUT2D eigenvalue weighted by molar-refractivity contribution is 7.71. The van der Waals surface area contributed by atoms with Gasteiger partial charge in [0.1, 0.15) is 12.4 Å². The number of rotatable bonds is 10. The number of hydrogen-bond donors (Lipinski definition) is 1. The second-order valence-corrected chi connectivity index (χ2v) is 9.01. The van der Waals surface area contributed by atoms with Crippen LogP contribution in [0.1, 0.15) is 25.7 Å². The summed E-state index contributed by atoms with van der Waals surface area (Å²) in [6.07, 6.45) is 3.08. The van der Waals surface area contributed by atoms with E-state index in [-0.39, 0.29) is 11.5 Å². The van der Waals surface area contributed by atoms with Gasteiger partial charge < -0.3 is 14.6 Å². The molecule has 1 fully saturated rings. The van der Waals surface area contributed by atoms with Gasteiger partial charge in [0.05, 0.1) is 10.9 Å². The fourth-order valence-corrected chi connectivity index (χ4v) is 4.60. The number of aromatic amines is 1. The van der Waals surface area contributed by atoms with Gasteiger partial charge in [-0.25, -0.2) is 0 Å². The second kappa shape index (κ2) is 11.9. The fraction of sp³-hybridized carbons (Fsp3) is 0.423. The summed E-state index contributed by atoms with van der Waals surface area (Å²) in [6.45, 7) is 5.39. The molecule has 0 unspecified atom stereocenters. The summed E-state index contributed by atoms with van der Waals surface area (Å²) >= 11 is 5.37. The fourth-order valence-electron chi connectivity index (χ4n) is 4.31. The highest BCUT2D eigenvalue weighted by Gasteiger charge is 2.20. The predicted octanol–water partition coefficient (Wildman–Crippen LogP) is 3.84. The molecular formula is C26H32N4O3S. The minimum absolute atomic E-state index is 0.0533. The summed E-state index contributed by atoms with van der Waals surface area (Å²) in [5.74, 6) is 1.12. The molecule has 0 aliphatic carbocycles. The molecule has 4 rings (SSSR count). The summed E-state index contributed by atoms with van der Waals surface area (Å²) < 4.78 is 7.85. The van der Waals surface area contributed by atoms with Crippen molar-refractivity contribution in [2.45, 2.75) is 32.2 Å². The first-order valence-electron chi connectivity index (χ1n) is 12.0. The van der Waals surface area contributed by atoms with Crippen LogP contribution in [0.15, 0.2) is 59.4 Å². The van der Waals surface area contributed by atoms with E-state index in [1.54, 1.807) is 4.57 Å². The molecule has 3 aromatic rings. The number of nitrogens with one attached hydrogen (secondary N) is 1. The zero-order chi connectivity index (χ0) is 23.8. The minimum atomic E-state index is -0.0533. The topological polar surface area (TPSA) is 70.6 Å². The number of nitrogens with zero attached hydrogens (tertiary/aromatic N) is 3. The van der Waals surface area contributed by atoms with Gasteiger partial charge >= 0.3 is 0 Å². The van der Waals surface area contributed by atoms with E-state index in [4.69, 9.17) is 17.0 Å². The van der Waals surface area contributed by atoms with E-state index in [1.165, 1.54) is 0 Å². The molecule has 0 bridgehead atoms. The van der Waals surface area contributed by atoms with E-state index in [9.17, 15) is 9.59 Å². The molecule has 180 valence electrons. The number of H-pyrrole nitrogens is 1. The summed E-state index contributed by atoms with van der Waals surface area (Å²) in [7, 11) is 0. The lowest BCUT2D eigenvalue weighted by molar-refractivity contribution is -0.133. The van der Waals surface area contributed by atoms with Gasteiger partial charge in [-0.15, -0.1) is 0 Å². The molecule has 0 spiro atoms. The molecule has 2 aromatic carbocycles. The second-order valence-electron chi connectivity index (χ2n) is 8.63. The number of benzene rings is 2. The van der Waals surface area contributed by atoms with Crippen LogP contribution in [0.3, 0.4) is 0 Å². The number of fused-ring (bicyclic) bond motifs is 1. The molecule has 0 atom stereocenters. The van der Waals surface area contributed by atoms with Crippen molar-refractivity contribution in [1.29, 1.82) is 0 Å². The third-order valence-electron chi connectivity index (χ3n) is 6.31.